The van der Waals surface area contributed by atoms with Crippen LogP contribution in [-0.4, -0.2) is 52.2 Å². The summed E-state index contributed by atoms with van der Waals surface area (Å²) in [6, 6.07) is 12.0. The lowest BCUT2D eigenvalue weighted by Gasteiger charge is -2.18. The lowest BCUT2D eigenvalue weighted by Crippen LogP contribution is -2.36. The van der Waals surface area contributed by atoms with Gasteiger partial charge in [-0.3, -0.25) is 4.79 Å². The van der Waals surface area contributed by atoms with Gasteiger partial charge in [-0.1, -0.05) is 6.07 Å². The number of hydrazone groups is 1. The first-order valence-corrected chi connectivity index (χ1v) is 10.4. The Bertz CT molecular complexity index is 972. The highest BCUT2D eigenvalue weighted by Gasteiger charge is 2.26. The van der Waals surface area contributed by atoms with E-state index in [1.54, 1.807) is 43.3 Å². The van der Waals surface area contributed by atoms with Gasteiger partial charge in [-0.2, -0.15) is 9.41 Å². The number of carbonyl (C=O) groups is 1. The molecule has 1 amide bonds. The highest BCUT2D eigenvalue weighted by molar-refractivity contribution is 7.89. The van der Waals surface area contributed by atoms with E-state index in [9.17, 15) is 13.2 Å². The Morgan fingerprint density at radius 1 is 1.21 bits per heavy atom. The minimum Gasteiger partial charge on any atom is -0.495 e. The van der Waals surface area contributed by atoms with Gasteiger partial charge >= 0.3 is 0 Å². The first-order chi connectivity index (χ1) is 13.8. The topological polar surface area (TPSA) is 97.3 Å². The molecule has 0 aliphatic carbocycles. The predicted octanol–water partition coefficient (Wildman–Crippen LogP) is 2.17. The second kappa shape index (κ2) is 10.0. The largest absolute Gasteiger partial charge is 0.495 e. The summed E-state index contributed by atoms with van der Waals surface area (Å²) in [5, 5.41) is 3.86. The van der Waals surface area contributed by atoms with Crippen LogP contribution in [0.1, 0.15) is 18.1 Å². The number of hydrogen-bond acceptors (Lipinski definition) is 6. The van der Waals surface area contributed by atoms with Gasteiger partial charge in [-0.15, -0.1) is 0 Å². The van der Waals surface area contributed by atoms with Gasteiger partial charge in [-0.05, 0) is 61.4 Å². The van der Waals surface area contributed by atoms with Crippen molar-refractivity contribution in [1.29, 1.82) is 0 Å². The van der Waals surface area contributed by atoms with Crippen LogP contribution in [0.25, 0.3) is 0 Å². The molecule has 2 aromatic carbocycles. The monoisotopic (exact) mass is 419 g/mol. The molecule has 8 nitrogen and oxygen atoms in total. The van der Waals surface area contributed by atoms with Crippen LogP contribution in [0.3, 0.4) is 0 Å². The number of benzene rings is 2. The zero-order chi connectivity index (χ0) is 21.4. The van der Waals surface area contributed by atoms with Gasteiger partial charge in [0.15, 0.2) is 0 Å². The maximum Gasteiger partial charge on any atom is 0.255 e. The van der Waals surface area contributed by atoms with Crippen LogP contribution in [0.2, 0.25) is 0 Å². The summed E-state index contributed by atoms with van der Waals surface area (Å²) >= 11 is 0. The molecule has 0 spiro atoms. The number of hydrogen-bond donors (Lipinski definition) is 1. The zero-order valence-electron chi connectivity index (χ0n) is 16.9. The van der Waals surface area contributed by atoms with E-state index in [1.165, 1.54) is 26.4 Å². The molecule has 2 rings (SSSR count). The predicted molar refractivity (Wildman–Crippen MR) is 111 cm³/mol. The van der Waals surface area contributed by atoms with Crippen molar-refractivity contribution in [2.45, 2.75) is 18.7 Å². The highest BCUT2D eigenvalue weighted by atomic mass is 32.2. The minimum atomic E-state index is -3.91. The third-order valence-corrected chi connectivity index (χ3v) is 5.79. The normalized spacial score (nSPS) is 11.6. The van der Waals surface area contributed by atoms with Gasteiger partial charge in [-0.25, -0.2) is 13.8 Å². The van der Waals surface area contributed by atoms with Gasteiger partial charge in [0, 0.05) is 7.05 Å². The van der Waals surface area contributed by atoms with E-state index in [0.29, 0.717) is 6.61 Å². The van der Waals surface area contributed by atoms with Gasteiger partial charge in [0.1, 0.15) is 16.4 Å². The smallest absolute Gasteiger partial charge is 0.255 e. The summed E-state index contributed by atoms with van der Waals surface area (Å²) in [7, 11) is -1.18. The molecule has 0 aromatic heterocycles. The Labute approximate surface area is 171 Å². The Balaban J connectivity index is 2.00. The van der Waals surface area contributed by atoms with Crippen molar-refractivity contribution in [1.82, 2.24) is 9.73 Å². The molecule has 9 heteroatoms. The summed E-state index contributed by atoms with van der Waals surface area (Å²) < 4.78 is 37.0. The number of methoxy groups -OCH3 is 1. The van der Waals surface area contributed by atoms with Crippen LogP contribution in [0.15, 0.2) is 52.5 Å². The maximum atomic E-state index is 12.8. The molecule has 0 unspecified atom stereocenters. The van der Waals surface area contributed by atoms with Crippen LogP contribution < -0.4 is 14.9 Å². The molecule has 0 saturated carbocycles. The van der Waals surface area contributed by atoms with E-state index >= 15 is 0 Å². The molecule has 0 aliphatic heterocycles. The van der Waals surface area contributed by atoms with Crippen molar-refractivity contribution in [2.24, 2.45) is 5.10 Å². The summed E-state index contributed by atoms with van der Waals surface area (Å²) in [6.45, 7) is 3.87. The van der Waals surface area contributed by atoms with Crippen molar-refractivity contribution in [3.8, 4) is 11.5 Å². The number of carbonyl (C=O) groups excluding carboxylic acids is 1. The van der Waals surface area contributed by atoms with E-state index in [0.717, 1.165) is 21.2 Å². The number of amides is 1. The number of likely N-dealkylation sites (N-methyl/N-ethyl adjacent to an activating group) is 1. The Morgan fingerprint density at radius 3 is 2.52 bits per heavy atom. The molecule has 0 aliphatic rings. The molecule has 0 fully saturated rings. The third kappa shape index (κ3) is 6.03. The molecule has 156 valence electrons. The maximum absolute atomic E-state index is 12.8. The van der Waals surface area contributed by atoms with E-state index in [2.05, 4.69) is 10.5 Å². The Kier molecular flexibility index (Phi) is 7.74. The highest BCUT2D eigenvalue weighted by Crippen LogP contribution is 2.27. The number of aryl methyl sites for hydroxylation is 1. The molecule has 29 heavy (non-hydrogen) atoms. The molecule has 1 N–H and O–H groups in total. The van der Waals surface area contributed by atoms with Crippen molar-refractivity contribution < 1.29 is 22.7 Å². The van der Waals surface area contributed by atoms with Gasteiger partial charge in [0.25, 0.3) is 5.91 Å². The lowest BCUT2D eigenvalue weighted by molar-refractivity contribution is -0.121. The van der Waals surface area contributed by atoms with E-state index in [-0.39, 0.29) is 17.2 Å². The first kappa shape index (κ1) is 22.4. The second-order valence-electron chi connectivity index (χ2n) is 6.21. The van der Waals surface area contributed by atoms with E-state index in [1.807, 2.05) is 6.92 Å². The van der Waals surface area contributed by atoms with Gasteiger partial charge < -0.3 is 9.47 Å². The average Bonchev–Trinajstić information content (AvgIpc) is 2.69. The van der Waals surface area contributed by atoms with Gasteiger partial charge in [0.05, 0.1) is 26.5 Å². The fraction of sp³-hybridized carbons (Fsp3) is 0.300. The first-order valence-electron chi connectivity index (χ1n) is 8.93. The number of sulfonamides is 1. The fourth-order valence-electron chi connectivity index (χ4n) is 2.47. The van der Waals surface area contributed by atoms with Crippen LogP contribution >= 0.6 is 0 Å². The molecular weight excluding hydrogens is 394 g/mol. The summed E-state index contributed by atoms with van der Waals surface area (Å²) in [6.07, 6.45) is 1.46. The number of nitrogens with zero attached hydrogens (tertiary/aromatic N) is 2. The average molecular weight is 420 g/mol. The summed E-state index contributed by atoms with van der Waals surface area (Å²) in [5.74, 6) is 0.397. The van der Waals surface area contributed by atoms with Gasteiger partial charge in [0.2, 0.25) is 10.0 Å². The standard InChI is InChI=1S/C20H25N3O5S/c1-5-28-17-9-7-16(8-10-17)13-21-22-20(24)14-23(3)29(25,26)19-12-15(2)6-11-18(19)27-4/h6-13H,5,14H2,1-4H3,(H,22,24)/b21-13-. The van der Waals surface area contributed by atoms with E-state index < -0.39 is 15.9 Å². The van der Waals surface area contributed by atoms with Crippen molar-refractivity contribution >= 4 is 22.1 Å². The molecule has 0 radical (unpaired) electrons. The summed E-state index contributed by atoms with van der Waals surface area (Å²) in [5.41, 5.74) is 3.86. The second-order valence-corrected chi connectivity index (χ2v) is 8.22. The minimum absolute atomic E-state index is 0.00758. The van der Waals surface area contributed by atoms with Crippen LogP contribution in [-0.2, 0) is 14.8 Å². The molecule has 0 atom stereocenters. The Morgan fingerprint density at radius 2 is 1.90 bits per heavy atom. The van der Waals surface area contributed by atoms with E-state index in [4.69, 9.17) is 9.47 Å². The van der Waals surface area contributed by atoms with Crippen LogP contribution in [0.4, 0.5) is 0 Å². The molecular formula is C20H25N3O5S. The Hall–Kier alpha value is -2.91. The number of nitrogens with one attached hydrogen (secondary N) is 1. The fourth-order valence-corrected chi connectivity index (χ4v) is 3.83. The van der Waals surface area contributed by atoms with Crippen LogP contribution in [0.5, 0.6) is 11.5 Å². The molecule has 2 aromatic rings. The lowest BCUT2D eigenvalue weighted by atomic mass is 10.2. The SMILES string of the molecule is CCOc1ccc(/C=N\NC(=O)CN(C)S(=O)(=O)c2cc(C)ccc2OC)cc1. The van der Waals surface area contributed by atoms with Crippen molar-refractivity contribution in [3.05, 3.63) is 53.6 Å². The number of rotatable bonds is 9. The summed E-state index contributed by atoms with van der Waals surface area (Å²) in [4.78, 5) is 12.1. The molecule has 0 saturated heterocycles. The third-order valence-electron chi connectivity index (χ3n) is 3.97. The molecule has 0 bridgehead atoms. The zero-order valence-corrected chi connectivity index (χ0v) is 17.7. The quantitative estimate of drug-likeness (QED) is 0.496. The van der Waals surface area contributed by atoms with Crippen molar-refractivity contribution in [3.63, 3.8) is 0 Å². The molecule has 0 heterocycles. The van der Waals surface area contributed by atoms with Crippen LogP contribution in [0, 0.1) is 6.92 Å². The van der Waals surface area contributed by atoms with Crippen molar-refractivity contribution in [2.75, 3.05) is 27.3 Å². The number of ether oxygens (including phenoxy) is 2.